The Morgan fingerprint density at radius 2 is 2.11 bits per heavy atom. The summed E-state index contributed by atoms with van der Waals surface area (Å²) in [7, 11) is 0. The Morgan fingerprint density at radius 3 is 2.64 bits per heavy atom. The summed E-state index contributed by atoms with van der Waals surface area (Å²) in [6.45, 7) is 1.33. The van der Waals surface area contributed by atoms with Crippen LogP contribution in [0.25, 0.3) is 0 Å². The number of nitriles is 1. The number of ether oxygens (including phenoxy) is 3. The monoisotopic (exact) mass is 419 g/mol. The number of alkyl halides is 3. The molecule has 1 heterocycles. The molecule has 0 aliphatic rings. The molecule has 0 amide bonds. The number of rotatable bonds is 11. The number of aromatic nitrogens is 1. The highest BCUT2D eigenvalue weighted by Crippen LogP contribution is 2.18. The Balaban J connectivity index is 2.66. The van der Waals surface area contributed by atoms with Gasteiger partial charge in [-0.2, -0.15) is 18.4 Å². The van der Waals surface area contributed by atoms with Gasteiger partial charge in [-0.3, -0.25) is 0 Å². The lowest BCUT2D eigenvalue weighted by atomic mass is 10.2. The van der Waals surface area contributed by atoms with Gasteiger partial charge in [0.2, 0.25) is 5.88 Å². The molecule has 7 nitrogen and oxygen atoms in total. The second-order valence-corrected chi connectivity index (χ2v) is 5.93. The van der Waals surface area contributed by atoms with Crippen molar-refractivity contribution in [1.82, 2.24) is 10.3 Å². The van der Waals surface area contributed by atoms with Gasteiger partial charge in [-0.05, 0) is 18.7 Å². The molecule has 0 bridgehead atoms. The molecule has 0 aliphatic carbocycles. The van der Waals surface area contributed by atoms with E-state index in [1.54, 1.807) is 6.26 Å². The maximum atomic E-state index is 12.1. The van der Waals surface area contributed by atoms with E-state index in [1.807, 2.05) is 13.0 Å². The van der Waals surface area contributed by atoms with Gasteiger partial charge in [-0.1, -0.05) is 6.07 Å². The number of hydrogen-bond acceptors (Lipinski definition) is 8. The zero-order valence-corrected chi connectivity index (χ0v) is 16.2. The first-order valence-corrected chi connectivity index (χ1v) is 9.34. The maximum Gasteiger partial charge on any atom is 0.422 e. The molecular weight excluding hydrogens is 399 g/mol. The predicted octanol–water partition coefficient (Wildman–Crippen LogP) is 2.79. The number of thioether (sulfide) groups is 1. The van der Waals surface area contributed by atoms with Crippen molar-refractivity contribution in [1.29, 1.82) is 5.26 Å². The zero-order chi connectivity index (χ0) is 21.0. The van der Waals surface area contributed by atoms with Crippen LogP contribution >= 0.6 is 11.8 Å². The van der Waals surface area contributed by atoms with Gasteiger partial charge in [0.1, 0.15) is 12.7 Å². The minimum absolute atomic E-state index is 0.0306. The number of esters is 1. The number of halogens is 3. The molecule has 1 aromatic rings. The Morgan fingerprint density at radius 1 is 1.36 bits per heavy atom. The summed E-state index contributed by atoms with van der Waals surface area (Å²) >= 11 is 1.15. The minimum Gasteiger partial charge on any atom is -0.468 e. The average Bonchev–Trinajstić information content (AvgIpc) is 2.67. The number of hydrogen-bond donors (Lipinski definition) is 1. The van der Waals surface area contributed by atoms with Crippen molar-refractivity contribution in [3.05, 3.63) is 34.5 Å². The molecule has 154 valence electrons. The summed E-state index contributed by atoms with van der Waals surface area (Å²) in [6, 6.07) is 4.64. The third-order valence-electron chi connectivity index (χ3n) is 3.05. The van der Waals surface area contributed by atoms with Crippen LogP contribution in [0.3, 0.4) is 0 Å². The standard InChI is InChI=1S/C17H20F3N3O4S/c1-3-25-6-7-26-16(24)13(8-21)15(28-2)23-10-12-4-5-14(22-9-12)27-11-17(18,19)20/h4-5,9,23H,3,6-7,10-11H2,1-2H3/b15-13+. The van der Waals surface area contributed by atoms with Crippen LogP contribution in [-0.2, 0) is 20.8 Å². The number of nitrogens with one attached hydrogen (secondary N) is 1. The maximum absolute atomic E-state index is 12.1. The summed E-state index contributed by atoms with van der Waals surface area (Å²) in [4.78, 5) is 15.8. The second kappa shape index (κ2) is 12.1. The van der Waals surface area contributed by atoms with Crippen LogP contribution in [-0.4, -0.2) is 49.8 Å². The van der Waals surface area contributed by atoms with E-state index in [9.17, 15) is 23.2 Å². The Kier molecular flexibility index (Phi) is 10.2. The van der Waals surface area contributed by atoms with Crippen LogP contribution in [0.4, 0.5) is 13.2 Å². The van der Waals surface area contributed by atoms with Crippen LogP contribution in [0.2, 0.25) is 0 Å². The highest BCUT2D eigenvalue weighted by Gasteiger charge is 2.28. The van der Waals surface area contributed by atoms with Crippen LogP contribution in [0, 0.1) is 11.3 Å². The SMILES string of the molecule is CCOCCOC(=O)/C(C#N)=C(\NCc1ccc(OCC(F)(F)F)nc1)SC. The summed E-state index contributed by atoms with van der Waals surface area (Å²) in [6.07, 6.45) is -1.42. The summed E-state index contributed by atoms with van der Waals surface area (Å²) in [5.41, 5.74) is 0.440. The van der Waals surface area contributed by atoms with Crippen molar-refractivity contribution in [2.75, 3.05) is 32.7 Å². The predicted molar refractivity (Wildman–Crippen MR) is 96.2 cm³/mol. The first kappa shape index (κ1) is 23.6. The van der Waals surface area contributed by atoms with Gasteiger partial charge >= 0.3 is 12.1 Å². The largest absolute Gasteiger partial charge is 0.468 e. The van der Waals surface area contributed by atoms with Crippen LogP contribution < -0.4 is 10.1 Å². The molecule has 0 spiro atoms. The molecule has 11 heteroatoms. The number of carbonyl (C=O) groups is 1. The lowest BCUT2D eigenvalue weighted by Gasteiger charge is -2.12. The number of carbonyl (C=O) groups excluding carboxylic acids is 1. The minimum atomic E-state index is -4.44. The highest BCUT2D eigenvalue weighted by atomic mass is 32.2. The van der Waals surface area contributed by atoms with Crippen molar-refractivity contribution in [2.45, 2.75) is 19.6 Å². The Bertz CT molecular complexity index is 703. The van der Waals surface area contributed by atoms with E-state index >= 15 is 0 Å². The van der Waals surface area contributed by atoms with E-state index < -0.39 is 18.8 Å². The molecule has 0 radical (unpaired) electrons. The molecule has 0 aromatic carbocycles. The summed E-state index contributed by atoms with van der Waals surface area (Å²) in [5.74, 6) is -0.926. The molecule has 0 aliphatic heterocycles. The number of pyridine rings is 1. The molecule has 0 unspecified atom stereocenters. The van der Waals surface area contributed by atoms with Crippen molar-refractivity contribution in [3.63, 3.8) is 0 Å². The van der Waals surface area contributed by atoms with Gasteiger partial charge in [0.05, 0.1) is 11.6 Å². The van der Waals surface area contributed by atoms with E-state index in [2.05, 4.69) is 15.0 Å². The van der Waals surface area contributed by atoms with Crippen LogP contribution in [0.5, 0.6) is 5.88 Å². The van der Waals surface area contributed by atoms with E-state index in [0.717, 1.165) is 11.8 Å². The van der Waals surface area contributed by atoms with Gasteiger partial charge < -0.3 is 19.5 Å². The summed E-state index contributed by atoms with van der Waals surface area (Å²) in [5, 5.41) is 12.5. The normalized spacial score (nSPS) is 12.0. The fourth-order valence-electron chi connectivity index (χ4n) is 1.80. The van der Waals surface area contributed by atoms with Crippen LogP contribution in [0.15, 0.2) is 28.9 Å². The fraction of sp³-hybridized carbons (Fsp3) is 0.471. The molecule has 0 atom stereocenters. The van der Waals surface area contributed by atoms with Crippen molar-refractivity contribution >= 4 is 17.7 Å². The fourth-order valence-corrected chi connectivity index (χ4v) is 2.35. The summed E-state index contributed by atoms with van der Waals surface area (Å²) < 4.78 is 50.9. The van der Waals surface area contributed by atoms with E-state index in [0.29, 0.717) is 17.2 Å². The molecule has 0 saturated heterocycles. The number of nitrogens with zero attached hydrogens (tertiary/aromatic N) is 2. The first-order chi connectivity index (χ1) is 13.3. The van der Waals surface area contributed by atoms with E-state index in [4.69, 9.17) is 9.47 Å². The highest BCUT2D eigenvalue weighted by molar-refractivity contribution is 8.02. The van der Waals surface area contributed by atoms with Crippen molar-refractivity contribution in [2.24, 2.45) is 0 Å². The van der Waals surface area contributed by atoms with Gasteiger partial charge in [0, 0.05) is 25.4 Å². The molecule has 1 rings (SSSR count). The third kappa shape index (κ3) is 8.96. The first-order valence-electron chi connectivity index (χ1n) is 8.12. The molecule has 1 aromatic heterocycles. The van der Waals surface area contributed by atoms with Gasteiger partial charge in [0.25, 0.3) is 0 Å². The molecule has 28 heavy (non-hydrogen) atoms. The van der Waals surface area contributed by atoms with Crippen molar-refractivity contribution < 1.29 is 32.2 Å². The Hall–Kier alpha value is -2.45. The van der Waals surface area contributed by atoms with Gasteiger partial charge in [0.15, 0.2) is 12.2 Å². The Labute approximate surface area is 164 Å². The van der Waals surface area contributed by atoms with E-state index in [1.165, 1.54) is 18.3 Å². The van der Waals surface area contributed by atoms with Crippen LogP contribution in [0.1, 0.15) is 12.5 Å². The second-order valence-electron chi connectivity index (χ2n) is 5.11. The third-order valence-corrected chi connectivity index (χ3v) is 3.80. The van der Waals surface area contributed by atoms with Crippen molar-refractivity contribution in [3.8, 4) is 11.9 Å². The molecule has 0 saturated carbocycles. The molecular formula is C17H20F3N3O4S. The lowest BCUT2D eigenvalue weighted by molar-refractivity contribution is -0.154. The topological polar surface area (TPSA) is 93.5 Å². The quantitative estimate of drug-likeness (QED) is 0.253. The average molecular weight is 419 g/mol. The molecule has 0 fully saturated rings. The smallest absolute Gasteiger partial charge is 0.422 e. The van der Waals surface area contributed by atoms with E-state index in [-0.39, 0.29) is 31.2 Å². The molecule has 1 N–H and O–H groups in total. The van der Waals surface area contributed by atoms with Gasteiger partial charge in [-0.15, -0.1) is 11.8 Å². The zero-order valence-electron chi connectivity index (χ0n) is 15.3. The lowest BCUT2D eigenvalue weighted by Crippen LogP contribution is -2.20. The van der Waals surface area contributed by atoms with Gasteiger partial charge in [-0.25, -0.2) is 9.78 Å².